The molecule has 1 aliphatic rings. The third-order valence-electron chi connectivity index (χ3n) is 3.45. The zero-order chi connectivity index (χ0) is 15.3. The maximum absolute atomic E-state index is 11.7. The Morgan fingerprint density at radius 3 is 2.86 bits per heavy atom. The minimum absolute atomic E-state index is 0.0706. The summed E-state index contributed by atoms with van der Waals surface area (Å²) in [6.07, 6.45) is -2.65. The zero-order valence-electron chi connectivity index (χ0n) is 11.2. The molecule has 4 atom stereocenters. The van der Waals surface area contributed by atoms with Gasteiger partial charge in [-0.15, -0.1) is 0 Å². The fourth-order valence-corrected chi connectivity index (χ4v) is 2.43. The number of ether oxygens (including phenoxy) is 1. The molecule has 0 spiro atoms. The molecule has 0 unspecified atom stereocenters. The summed E-state index contributed by atoms with van der Waals surface area (Å²) in [4.78, 5) is 22.0. The first-order valence-corrected chi connectivity index (χ1v) is 6.29. The second kappa shape index (κ2) is 4.65. The molecule has 1 aliphatic heterocycles. The van der Waals surface area contributed by atoms with Gasteiger partial charge in [0.15, 0.2) is 17.4 Å². The van der Waals surface area contributed by atoms with Crippen LogP contribution in [0, 0.1) is 0 Å². The van der Waals surface area contributed by atoms with E-state index in [1.54, 1.807) is 6.92 Å². The van der Waals surface area contributed by atoms with Crippen LogP contribution in [0.15, 0.2) is 23.3 Å². The SMILES string of the molecule is C=C(C)[C@H]1O[C@@H](n2cnc3c(=O)[nH]c(N)nc32)[C@H](O)[C@@H]1O. The smallest absolute Gasteiger partial charge is 0.280 e. The number of nitrogens with one attached hydrogen (secondary N) is 1. The molecule has 21 heavy (non-hydrogen) atoms. The van der Waals surface area contributed by atoms with E-state index in [4.69, 9.17) is 10.5 Å². The molecular formula is C12H15N5O4. The van der Waals surface area contributed by atoms with Crippen molar-refractivity contribution in [2.75, 3.05) is 5.73 Å². The van der Waals surface area contributed by atoms with Crippen LogP contribution in [0.3, 0.4) is 0 Å². The van der Waals surface area contributed by atoms with Crippen LogP contribution in [-0.2, 0) is 4.74 Å². The first-order chi connectivity index (χ1) is 9.90. The lowest BCUT2D eigenvalue weighted by Gasteiger charge is -2.16. The van der Waals surface area contributed by atoms with Crippen molar-refractivity contribution in [3.05, 3.63) is 28.8 Å². The molecule has 1 fully saturated rings. The Morgan fingerprint density at radius 1 is 1.52 bits per heavy atom. The third-order valence-corrected chi connectivity index (χ3v) is 3.45. The molecule has 0 amide bonds. The van der Waals surface area contributed by atoms with Crippen LogP contribution in [0.2, 0.25) is 0 Å². The lowest BCUT2D eigenvalue weighted by atomic mass is 10.1. The Balaban J connectivity index is 2.09. The van der Waals surface area contributed by atoms with Gasteiger partial charge < -0.3 is 20.7 Å². The average Bonchev–Trinajstić information content (AvgIpc) is 2.93. The van der Waals surface area contributed by atoms with Crippen LogP contribution in [0.5, 0.6) is 0 Å². The van der Waals surface area contributed by atoms with E-state index in [2.05, 4.69) is 21.5 Å². The van der Waals surface area contributed by atoms with Crippen LogP contribution in [0.25, 0.3) is 11.2 Å². The van der Waals surface area contributed by atoms with E-state index in [9.17, 15) is 15.0 Å². The van der Waals surface area contributed by atoms with Crippen molar-refractivity contribution in [1.29, 1.82) is 0 Å². The first kappa shape index (κ1) is 13.7. The Labute approximate surface area is 118 Å². The molecule has 0 saturated carbocycles. The largest absolute Gasteiger partial charge is 0.387 e. The van der Waals surface area contributed by atoms with Crippen LogP contribution in [-0.4, -0.2) is 48.0 Å². The van der Waals surface area contributed by atoms with Gasteiger partial charge in [-0.1, -0.05) is 6.58 Å². The Morgan fingerprint density at radius 2 is 2.24 bits per heavy atom. The van der Waals surface area contributed by atoms with E-state index in [0.29, 0.717) is 5.57 Å². The summed E-state index contributed by atoms with van der Waals surface area (Å²) >= 11 is 0. The summed E-state index contributed by atoms with van der Waals surface area (Å²) in [6.45, 7) is 5.41. The Hall–Kier alpha value is -2.23. The number of H-pyrrole nitrogens is 1. The number of aromatic nitrogens is 4. The van der Waals surface area contributed by atoms with E-state index in [1.165, 1.54) is 10.9 Å². The lowest BCUT2D eigenvalue weighted by Crippen LogP contribution is -2.31. The minimum atomic E-state index is -1.20. The number of aliphatic hydroxyl groups is 2. The van der Waals surface area contributed by atoms with E-state index >= 15 is 0 Å². The molecule has 3 rings (SSSR count). The number of nitrogens with two attached hydrogens (primary N) is 1. The van der Waals surface area contributed by atoms with Crippen LogP contribution in [0.4, 0.5) is 5.95 Å². The fourth-order valence-electron chi connectivity index (χ4n) is 2.43. The molecule has 1 saturated heterocycles. The van der Waals surface area contributed by atoms with Gasteiger partial charge in [0.25, 0.3) is 5.56 Å². The van der Waals surface area contributed by atoms with Gasteiger partial charge >= 0.3 is 0 Å². The molecule has 2 aromatic heterocycles. The fraction of sp³-hybridized carbons (Fsp3) is 0.417. The number of aliphatic hydroxyl groups excluding tert-OH is 2. The molecule has 112 valence electrons. The van der Waals surface area contributed by atoms with Gasteiger partial charge in [0, 0.05) is 0 Å². The molecule has 9 nitrogen and oxygen atoms in total. The number of hydrogen-bond donors (Lipinski definition) is 4. The normalized spacial score (nSPS) is 29.1. The molecule has 0 bridgehead atoms. The molecule has 0 aliphatic carbocycles. The molecule has 2 aromatic rings. The summed E-state index contributed by atoms with van der Waals surface area (Å²) in [5.41, 5.74) is 5.86. The van der Waals surface area contributed by atoms with Crippen LogP contribution >= 0.6 is 0 Å². The standard InChI is InChI=1S/C12H15N5O4/c1-4(2)8-6(18)7(19)11(21-8)17-3-14-5-9(17)15-12(13)16-10(5)20/h3,6-8,11,18-19H,1H2,2H3,(H3,13,15,16,20)/t6-,7+,8+,11+/m0/s1. The monoisotopic (exact) mass is 293 g/mol. The second-order valence-electron chi connectivity index (χ2n) is 5.05. The van der Waals surface area contributed by atoms with Crippen molar-refractivity contribution >= 4 is 17.1 Å². The summed E-state index contributed by atoms with van der Waals surface area (Å²) in [6, 6.07) is 0. The number of rotatable bonds is 2. The van der Waals surface area contributed by atoms with Crippen molar-refractivity contribution in [3.8, 4) is 0 Å². The predicted octanol–water partition coefficient (Wildman–Crippen LogP) is -1.10. The van der Waals surface area contributed by atoms with Crippen molar-refractivity contribution < 1.29 is 14.9 Å². The van der Waals surface area contributed by atoms with Gasteiger partial charge in [-0.3, -0.25) is 14.3 Å². The van der Waals surface area contributed by atoms with Crippen molar-refractivity contribution in [1.82, 2.24) is 19.5 Å². The van der Waals surface area contributed by atoms with Gasteiger partial charge in [0.1, 0.15) is 18.3 Å². The topological polar surface area (TPSA) is 139 Å². The van der Waals surface area contributed by atoms with E-state index in [-0.39, 0.29) is 17.1 Å². The number of hydrogen-bond acceptors (Lipinski definition) is 7. The van der Waals surface area contributed by atoms with Gasteiger partial charge in [0.2, 0.25) is 5.95 Å². The highest BCUT2D eigenvalue weighted by Crippen LogP contribution is 2.33. The van der Waals surface area contributed by atoms with Crippen molar-refractivity contribution in [2.45, 2.75) is 31.5 Å². The van der Waals surface area contributed by atoms with Crippen LogP contribution in [0.1, 0.15) is 13.2 Å². The van der Waals surface area contributed by atoms with Crippen LogP contribution < -0.4 is 11.3 Å². The van der Waals surface area contributed by atoms with Gasteiger partial charge in [-0.2, -0.15) is 4.98 Å². The number of aromatic amines is 1. The van der Waals surface area contributed by atoms with Gasteiger partial charge in [-0.05, 0) is 12.5 Å². The maximum Gasteiger partial charge on any atom is 0.280 e. The number of fused-ring (bicyclic) bond motifs is 1. The van der Waals surface area contributed by atoms with E-state index in [0.717, 1.165) is 0 Å². The number of imidazole rings is 1. The van der Waals surface area contributed by atoms with Gasteiger partial charge in [-0.25, -0.2) is 4.98 Å². The number of nitrogens with zero attached hydrogens (tertiary/aromatic N) is 3. The van der Waals surface area contributed by atoms with Crippen molar-refractivity contribution in [2.24, 2.45) is 0 Å². The second-order valence-corrected chi connectivity index (χ2v) is 5.05. The first-order valence-electron chi connectivity index (χ1n) is 6.29. The van der Waals surface area contributed by atoms with E-state index < -0.39 is 30.1 Å². The number of anilines is 1. The summed E-state index contributed by atoms with van der Waals surface area (Å²) in [5.74, 6) is -0.0706. The number of nitrogen functional groups attached to an aromatic ring is 1. The molecular weight excluding hydrogens is 278 g/mol. The predicted molar refractivity (Wildman–Crippen MR) is 73.3 cm³/mol. The molecule has 3 heterocycles. The molecule has 5 N–H and O–H groups in total. The lowest BCUT2D eigenvalue weighted by molar-refractivity contribution is -0.0262. The minimum Gasteiger partial charge on any atom is -0.387 e. The highest BCUT2D eigenvalue weighted by molar-refractivity contribution is 5.70. The molecule has 0 aromatic carbocycles. The zero-order valence-corrected chi connectivity index (χ0v) is 11.2. The summed E-state index contributed by atoms with van der Waals surface area (Å²) < 4.78 is 6.98. The maximum atomic E-state index is 11.7. The Kier molecular flexibility index (Phi) is 3.04. The summed E-state index contributed by atoms with van der Waals surface area (Å²) in [5, 5.41) is 20.1. The Bertz CT molecular complexity index is 767. The third kappa shape index (κ3) is 2.02. The quantitative estimate of drug-likeness (QED) is 0.515. The molecule has 0 radical (unpaired) electrons. The van der Waals surface area contributed by atoms with E-state index in [1.807, 2.05) is 0 Å². The highest BCUT2D eigenvalue weighted by Gasteiger charge is 2.44. The molecule has 9 heteroatoms. The van der Waals surface area contributed by atoms with Crippen molar-refractivity contribution in [3.63, 3.8) is 0 Å². The average molecular weight is 293 g/mol. The highest BCUT2D eigenvalue weighted by atomic mass is 16.6. The van der Waals surface area contributed by atoms with Gasteiger partial charge in [0.05, 0.1) is 6.33 Å². The summed E-state index contributed by atoms with van der Waals surface area (Å²) in [7, 11) is 0.